The summed E-state index contributed by atoms with van der Waals surface area (Å²) in [6.07, 6.45) is 0. The number of aliphatic hydroxyl groups excluding tert-OH is 1. The summed E-state index contributed by atoms with van der Waals surface area (Å²) in [6, 6.07) is 0. The third-order valence-electron chi connectivity index (χ3n) is 0.261. The Morgan fingerprint density at radius 3 is 2.43 bits per heavy atom. The minimum Gasteiger partial charge on any atom is -1.00 e. The Kier molecular flexibility index (Phi) is 9.72. The molecular formula is C2H4BNaO3. The number of aliphatic hydroxyl groups is 1. The Labute approximate surface area is 66.3 Å². The Hall–Kier alpha value is 0.495. The van der Waals surface area contributed by atoms with Crippen LogP contribution >= 0.6 is 0 Å². The van der Waals surface area contributed by atoms with Gasteiger partial charge in [0.2, 0.25) is 0 Å². The molecule has 5 heteroatoms. The van der Waals surface area contributed by atoms with E-state index in [0.29, 0.717) is 0 Å². The van der Waals surface area contributed by atoms with Gasteiger partial charge in [-0.1, -0.05) is 0 Å². The summed E-state index contributed by atoms with van der Waals surface area (Å²) in [5.41, 5.74) is 0. The van der Waals surface area contributed by atoms with Crippen LogP contribution in [0, 0.1) is 0 Å². The average molecular weight is 110 g/mol. The van der Waals surface area contributed by atoms with Crippen molar-refractivity contribution in [2.75, 3.05) is 6.61 Å². The second kappa shape index (κ2) is 6.49. The Morgan fingerprint density at radius 1 is 2.00 bits per heavy atom. The van der Waals surface area contributed by atoms with Gasteiger partial charge in [0, 0.05) is 0 Å². The van der Waals surface area contributed by atoms with Crippen molar-refractivity contribution in [3.63, 3.8) is 0 Å². The third kappa shape index (κ3) is 6.49. The van der Waals surface area contributed by atoms with E-state index in [4.69, 9.17) is 5.11 Å². The van der Waals surface area contributed by atoms with Crippen LogP contribution < -0.4 is 29.6 Å². The van der Waals surface area contributed by atoms with E-state index in [1.807, 2.05) is 0 Å². The van der Waals surface area contributed by atoms with Gasteiger partial charge in [-0.15, -0.1) is 0 Å². The second-order valence-corrected chi connectivity index (χ2v) is 0.648. The van der Waals surface area contributed by atoms with Crippen molar-refractivity contribution in [2.45, 2.75) is 0 Å². The molecule has 34 valence electrons. The Balaban J connectivity index is -0.000000125. The molecule has 0 unspecified atom stereocenters. The molecule has 0 aromatic rings. The van der Waals surface area contributed by atoms with Crippen molar-refractivity contribution >= 4 is 14.0 Å². The minimum atomic E-state index is -0.824. The Bertz CT molecular complexity index is 55.2. The SMILES string of the molecule is [B]OC(=O)CO.[H-].[Na+]. The summed E-state index contributed by atoms with van der Waals surface area (Å²) >= 11 is 0. The van der Waals surface area contributed by atoms with Crippen molar-refractivity contribution in [3.8, 4) is 0 Å². The Morgan fingerprint density at radius 2 is 2.43 bits per heavy atom. The van der Waals surface area contributed by atoms with E-state index in [1.54, 1.807) is 0 Å². The molecule has 2 radical (unpaired) electrons. The molecule has 0 atom stereocenters. The molecule has 0 aliphatic rings. The van der Waals surface area contributed by atoms with E-state index in [-0.39, 0.29) is 31.0 Å². The average Bonchev–Trinajstić information content (AvgIpc) is 1.65. The van der Waals surface area contributed by atoms with E-state index < -0.39 is 12.6 Å². The van der Waals surface area contributed by atoms with Crippen LogP contribution in [-0.2, 0) is 9.45 Å². The molecule has 7 heavy (non-hydrogen) atoms. The van der Waals surface area contributed by atoms with Crippen molar-refractivity contribution in [1.82, 2.24) is 0 Å². The van der Waals surface area contributed by atoms with E-state index in [9.17, 15) is 4.79 Å². The van der Waals surface area contributed by atoms with Crippen LogP contribution in [0.15, 0.2) is 0 Å². The van der Waals surface area contributed by atoms with E-state index in [2.05, 4.69) is 12.7 Å². The molecule has 1 N–H and O–H groups in total. The summed E-state index contributed by atoms with van der Waals surface area (Å²) in [4.78, 5) is 9.58. The number of rotatable bonds is 1. The maximum absolute atomic E-state index is 9.58. The topological polar surface area (TPSA) is 46.5 Å². The fourth-order valence-corrected chi connectivity index (χ4v) is 0.0373. The molecule has 0 amide bonds. The van der Waals surface area contributed by atoms with Gasteiger partial charge in [-0.25, -0.2) is 0 Å². The number of hydrogen-bond donors (Lipinski definition) is 1. The van der Waals surface area contributed by atoms with Crippen molar-refractivity contribution in [3.05, 3.63) is 0 Å². The first-order chi connectivity index (χ1) is 2.81. The standard InChI is InChI=1S/C2H3BO3.Na.H/c3-6-2(5)1-4;;/h4H,1H2;;/q;+1;-1. The fourth-order valence-electron chi connectivity index (χ4n) is 0.0373. The molecule has 0 spiro atoms. The molecular weight excluding hydrogens is 106 g/mol. The van der Waals surface area contributed by atoms with Crippen molar-refractivity contribution in [2.24, 2.45) is 0 Å². The molecule has 0 fully saturated rings. The predicted octanol–water partition coefficient (Wildman–Crippen LogP) is -4.28. The maximum Gasteiger partial charge on any atom is 1.00 e. The van der Waals surface area contributed by atoms with Gasteiger partial charge in [-0.05, 0) is 0 Å². The molecule has 3 nitrogen and oxygen atoms in total. The molecule has 0 bridgehead atoms. The van der Waals surface area contributed by atoms with Crippen molar-refractivity contribution < 1.29 is 45.5 Å². The van der Waals surface area contributed by atoms with Crippen LogP contribution in [0.4, 0.5) is 0 Å². The number of carbonyl (C=O) groups excluding carboxylic acids is 1. The van der Waals surface area contributed by atoms with Crippen LogP contribution in [-0.4, -0.2) is 25.7 Å². The number of carbonyl (C=O) groups is 1. The molecule has 0 heterocycles. The first-order valence-electron chi connectivity index (χ1n) is 1.31. The normalized spacial score (nSPS) is 6.43. The summed E-state index contributed by atoms with van der Waals surface area (Å²) in [5, 5.41) is 7.78. The summed E-state index contributed by atoms with van der Waals surface area (Å²) in [6.45, 7) is -0.656. The third-order valence-corrected chi connectivity index (χ3v) is 0.261. The van der Waals surface area contributed by atoms with Gasteiger partial charge in [0.25, 0.3) is 0 Å². The quantitative estimate of drug-likeness (QED) is 0.347. The van der Waals surface area contributed by atoms with Crippen LogP contribution in [0.3, 0.4) is 0 Å². The van der Waals surface area contributed by atoms with Gasteiger partial charge >= 0.3 is 43.6 Å². The van der Waals surface area contributed by atoms with Crippen LogP contribution in [0.5, 0.6) is 0 Å². The summed E-state index contributed by atoms with van der Waals surface area (Å²) in [7, 11) is 4.27. The van der Waals surface area contributed by atoms with Gasteiger partial charge < -0.3 is 11.2 Å². The largest absolute Gasteiger partial charge is 1.00 e. The maximum atomic E-state index is 9.58. The first kappa shape index (κ1) is 10.5. The van der Waals surface area contributed by atoms with Crippen molar-refractivity contribution in [1.29, 1.82) is 0 Å². The van der Waals surface area contributed by atoms with E-state index in [1.165, 1.54) is 0 Å². The fraction of sp³-hybridized carbons (Fsp3) is 0.500. The zero-order valence-corrected chi connectivity index (χ0v) is 6.05. The van der Waals surface area contributed by atoms with Gasteiger partial charge in [-0.2, -0.15) is 0 Å². The van der Waals surface area contributed by atoms with Crippen LogP contribution in [0.1, 0.15) is 1.43 Å². The molecule has 0 aromatic heterocycles. The molecule has 0 aromatic carbocycles. The van der Waals surface area contributed by atoms with E-state index >= 15 is 0 Å². The summed E-state index contributed by atoms with van der Waals surface area (Å²) < 4.78 is 3.51. The van der Waals surface area contributed by atoms with Crippen LogP contribution in [0.25, 0.3) is 0 Å². The smallest absolute Gasteiger partial charge is 1.00 e. The monoisotopic (exact) mass is 110 g/mol. The summed E-state index contributed by atoms with van der Waals surface area (Å²) in [5.74, 6) is -0.824. The first-order valence-corrected chi connectivity index (χ1v) is 1.31. The molecule has 0 rings (SSSR count). The minimum absolute atomic E-state index is 0. The second-order valence-electron chi connectivity index (χ2n) is 0.648. The van der Waals surface area contributed by atoms with Gasteiger partial charge in [0.15, 0.2) is 0 Å². The molecule has 0 saturated heterocycles. The molecule has 0 aliphatic carbocycles. The molecule has 0 saturated carbocycles. The molecule has 0 aliphatic heterocycles. The zero-order chi connectivity index (χ0) is 4.99. The van der Waals surface area contributed by atoms with Gasteiger partial charge in [0.1, 0.15) is 6.61 Å². The van der Waals surface area contributed by atoms with Gasteiger partial charge in [-0.3, -0.25) is 4.79 Å². The zero-order valence-electron chi connectivity index (χ0n) is 5.05. The predicted molar refractivity (Wildman–Crippen MR) is 20.0 cm³/mol. The van der Waals surface area contributed by atoms with E-state index in [0.717, 1.165) is 0 Å². The van der Waals surface area contributed by atoms with Crippen LogP contribution in [0.2, 0.25) is 0 Å². The van der Waals surface area contributed by atoms with Gasteiger partial charge in [0.05, 0.1) is 0 Å². The number of hydrogen-bond acceptors (Lipinski definition) is 3.